The minimum absolute atomic E-state index is 0.612. The first-order valence-corrected chi connectivity index (χ1v) is 20.2. The molecule has 252 valence electrons. The summed E-state index contributed by atoms with van der Waals surface area (Å²) < 4.78 is 0. The first-order valence-electron chi connectivity index (χ1n) is 15.2. The summed E-state index contributed by atoms with van der Waals surface area (Å²) in [5.41, 5.74) is 7.50. The van der Waals surface area contributed by atoms with Crippen LogP contribution in [-0.4, -0.2) is 0 Å². The molecule has 0 aliphatic carbocycles. The Morgan fingerprint density at radius 2 is 0.396 bits per heavy atom. The van der Waals surface area contributed by atoms with Gasteiger partial charge in [-0.05, 0) is 33.4 Å². The Balaban J connectivity index is 0.000000288. The van der Waals surface area contributed by atoms with Gasteiger partial charge in [-0.1, -0.05) is 230 Å². The zero-order valence-corrected chi connectivity index (χ0v) is 33.9. The lowest BCUT2D eigenvalue weighted by Gasteiger charge is -1.88. The molecule has 0 amide bonds. The number of rotatable bonds is 6. The van der Waals surface area contributed by atoms with Crippen molar-refractivity contribution in [1.82, 2.24) is 0 Å². The molecular weight excluding hydrogens is 851 g/mol. The van der Waals surface area contributed by atoms with Crippen molar-refractivity contribution in [2.45, 2.75) is 33.6 Å². The summed E-state index contributed by atoms with van der Waals surface area (Å²) in [5.74, 6) is 1.84. The third-order valence-electron chi connectivity index (χ3n) is 5.98. The van der Waals surface area contributed by atoms with Gasteiger partial charge in [0.1, 0.15) is 0 Å². The van der Waals surface area contributed by atoms with Gasteiger partial charge in [-0.3, -0.25) is 0 Å². The molecule has 0 heterocycles. The first kappa shape index (κ1) is 43.7. The summed E-state index contributed by atoms with van der Waals surface area (Å²) >= 11 is 26.7. The minimum Gasteiger partial charge on any atom is -0.122 e. The fourth-order valence-corrected chi connectivity index (χ4v) is 5.06. The van der Waals surface area contributed by atoms with Crippen LogP contribution in [0.4, 0.5) is 0 Å². The molecule has 0 unspecified atom stereocenters. The highest BCUT2D eigenvalue weighted by Gasteiger charge is 1.85. The van der Waals surface area contributed by atoms with Crippen LogP contribution < -0.4 is 0 Å². The maximum Gasteiger partial charge on any atom is 0.0474 e. The second-order valence-corrected chi connectivity index (χ2v) is 12.2. The van der Waals surface area contributed by atoms with E-state index in [0.29, 0.717) is 17.6 Å². The number of halogens is 6. The molecule has 0 spiro atoms. The second kappa shape index (κ2) is 31.9. The van der Waals surface area contributed by atoms with Crippen LogP contribution in [0.15, 0.2) is 182 Å². The van der Waals surface area contributed by atoms with E-state index in [9.17, 15) is 0 Å². The Bertz CT molecular complexity index is 1190. The van der Waals surface area contributed by atoms with Crippen LogP contribution in [0.5, 0.6) is 0 Å². The van der Waals surface area contributed by atoms with Crippen molar-refractivity contribution < 1.29 is 0 Å². The number of hydrogen-bond donors (Lipinski definition) is 0. The summed E-state index contributed by atoms with van der Waals surface area (Å²) in [6.07, 6.45) is 0. The lowest BCUT2D eigenvalue weighted by Crippen LogP contribution is -1.71. The normalized spacial score (nSPS) is 9.12. The Labute approximate surface area is 328 Å². The van der Waals surface area contributed by atoms with E-state index in [0.717, 1.165) is 16.0 Å². The van der Waals surface area contributed by atoms with Crippen LogP contribution >= 0.6 is 82.6 Å². The van der Waals surface area contributed by atoms with Crippen LogP contribution in [0.25, 0.3) is 0 Å². The maximum atomic E-state index is 5.53. The predicted octanol–water partition coefficient (Wildman–Crippen LogP) is 15.0. The topological polar surface area (TPSA) is 0 Å². The summed E-state index contributed by atoms with van der Waals surface area (Å²) in [5, 5.41) is 2.86. The molecule has 0 saturated heterocycles. The van der Waals surface area contributed by atoms with Gasteiger partial charge in [-0.25, -0.2) is 0 Å². The van der Waals surface area contributed by atoms with Crippen LogP contribution in [0.1, 0.15) is 33.4 Å². The highest BCUT2D eigenvalue weighted by Crippen LogP contribution is 2.05. The predicted molar refractivity (Wildman–Crippen MR) is 225 cm³/mol. The van der Waals surface area contributed by atoms with Crippen molar-refractivity contribution in [2.24, 2.45) is 0 Å². The Kier molecular flexibility index (Phi) is 29.0. The Morgan fingerprint density at radius 3 is 0.479 bits per heavy atom. The fourth-order valence-electron chi connectivity index (χ4n) is 3.40. The van der Waals surface area contributed by atoms with E-state index in [1.54, 1.807) is 0 Å². The van der Waals surface area contributed by atoms with Crippen molar-refractivity contribution in [3.8, 4) is 0 Å². The van der Waals surface area contributed by atoms with Gasteiger partial charge in [0.05, 0.1) is 0 Å². The van der Waals surface area contributed by atoms with Gasteiger partial charge in [-0.15, -0.1) is 34.8 Å². The molecule has 0 fully saturated rings. The van der Waals surface area contributed by atoms with Crippen molar-refractivity contribution in [3.05, 3.63) is 215 Å². The molecule has 48 heavy (non-hydrogen) atoms. The number of benzene rings is 6. The molecule has 0 N–H and O–H groups in total. The van der Waals surface area contributed by atoms with E-state index in [-0.39, 0.29) is 0 Å². The largest absolute Gasteiger partial charge is 0.122 e. The third kappa shape index (κ3) is 23.9. The van der Waals surface area contributed by atoms with Crippen molar-refractivity contribution >= 4 is 82.6 Å². The molecule has 0 aromatic heterocycles. The Morgan fingerprint density at radius 1 is 0.250 bits per heavy atom. The average molecular weight is 893 g/mol. The van der Waals surface area contributed by atoms with Crippen LogP contribution in [-0.2, 0) is 33.6 Å². The third-order valence-corrected chi connectivity index (χ3v) is 8.85. The molecule has 6 aromatic rings. The van der Waals surface area contributed by atoms with E-state index in [2.05, 4.69) is 84.2 Å². The lowest BCUT2D eigenvalue weighted by atomic mass is 10.2. The molecule has 0 aliphatic rings. The molecule has 0 bridgehead atoms. The molecule has 6 rings (SSSR count). The van der Waals surface area contributed by atoms with Gasteiger partial charge in [-0.2, -0.15) is 0 Å². The minimum atomic E-state index is 0.612. The van der Waals surface area contributed by atoms with Crippen molar-refractivity contribution in [1.29, 1.82) is 0 Å². The van der Waals surface area contributed by atoms with E-state index in [4.69, 9.17) is 34.8 Å². The van der Waals surface area contributed by atoms with Crippen molar-refractivity contribution in [2.75, 3.05) is 0 Å². The van der Waals surface area contributed by atoms with Gasteiger partial charge >= 0.3 is 0 Å². The summed E-state index contributed by atoms with van der Waals surface area (Å²) in [4.78, 5) is 0. The molecule has 0 aliphatic heterocycles. The van der Waals surface area contributed by atoms with Crippen molar-refractivity contribution in [3.63, 3.8) is 0 Å². The molecule has 0 radical (unpaired) electrons. The van der Waals surface area contributed by atoms with E-state index < -0.39 is 0 Å². The highest BCUT2D eigenvalue weighted by molar-refractivity contribution is 9.09. The molecule has 0 atom stereocenters. The molecular formula is C42H42Br3Cl3. The molecule has 0 saturated carbocycles. The summed E-state index contributed by atoms with van der Waals surface area (Å²) in [6, 6.07) is 60.7. The fraction of sp³-hybridized carbons (Fsp3) is 0.143. The standard InChI is InChI=1S/3C7H7Br.3C7H7Cl/c6*8-6-7-4-2-1-3-5-7/h6*1-5H,6H2. The van der Waals surface area contributed by atoms with Gasteiger partial charge in [0.15, 0.2) is 0 Å². The Hall–Kier alpha value is -2.37. The summed E-state index contributed by atoms with van der Waals surface area (Å²) in [6.45, 7) is 0. The number of alkyl halides is 6. The quantitative estimate of drug-likeness (QED) is 0.146. The zero-order chi connectivity index (χ0) is 34.9. The molecule has 6 aromatic carbocycles. The average Bonchev–Trinajstić information content (AvgIpc) is 3.21. The first-order chi connectivity index (χ1) is 23.6. The second-order valence-electron chi connectivity index (χ2n) is 9.72. The summed E-state index contributed by atoms with van der Waals surface area (Å²) in [7, 11) is 0. The molecule has 6 heteroatoms. The van der Waals surface area contributed by atoms with E-state index in [1.807, 2.05) is 146 Å². The molecule has 0 nitrogen and oxygen atoms in total. The lowest BCUT2D eigenvalue weighted by molar-refractivity contribution is 1.41. The SMILES string of the molecule is BrCc1ccccc1.BrCc1ccccc1.BrCc1ccccc1.ClCc1ccccc1.ClCc1ccccc1.ClCc1ccccc1. The van der Waals surface area contributed by atoms with E-state index >= 15 is 0 Å². The monoisotopic (exact) mass is 888 g/mol. The van der Waals surface area contributed by atoms with Gasteiger partial charge < -0.3 is 0 Å². The maximum absolute atomic E-state index is 5.53. The highest BCUT2D eigenvalue weighted by atomic mass is 79.9. The smallest absolute Gasteiger partial charge is 0.0474 e. The van der Waals surface area contributed by atoms with Gasteiger partial charge in [0, 0.05) is 33.6 Å². The van der Waals surface area contributed by atoms with Gasteiger partial charge in [0.25, 0.3) is 0 Å². The number of hydrogen-bond acceptors (Lipinski definition) is 0. The van der Waals surface area contributed by atoms with Gasteiger partial charge in [0.2, 0.25) is 0 Å². The zero-order valence-electron chi connectivity index (χ0n) is 26.8. The van der Waals surface area contributed by atoms with Crippen LogP contribution in [0.2, 0.25) is 0 Å². The van der Waals surface area contributed by atoms with Crippen LogP contribution in [0.3, 0.4) is 0 Å². The van der Waals surface area contributed by atoms with E-state index in [1.165, 1.54) is 33.4 Å². The van der Waals surface area contributed by atoms with Crippen LogP contribution in [0, 0.1) is 0 Å².